The smallest absolute Gasteiger partial charge is 0.225 e. The van der Waals surface area contributed by atoms with Crippen LogP contribution >= 0.6 is 11.8 Å². The van der Waals surface area contributed by atoms with Crippen molar-refractivity contribution >= 4 is 17.6 Å². The number of nitrogens with one attached hydrogen (secondary N) is 1. The summed E-state index contributed by atoms with van der Waals surface area (Å²) in [6.45, 7) is 4.62. The fraction of sp³-hybridized carbons (Fsp3) is 0.333. The Labute approximate surface area is 128 Å². The molecule has 6 heteroatoms. The van der Waals surface area contributed by atoms with Gasteiger partial charge in [-0.3, -0.25) is 0 Å². The van der Waals surface area contributed by atoms with Gasteiger partial charge in [-0.1, -0.05) is 18.7 Å². The van der Waals surface area contributed by atoms with E-state index < -0.39 is 0 Å². The van der Waals surface area contributed by atoms with E-state index >= 15 is 0 Å². The third-order valence-electron chi connectivity index (χ3n) is 2.77. The Kier molecular flexibility index (Phi) is 5.38. The minimum atomic E-state index is -0.250. The highest BCUT2D eigenvalue weighted by Crippen LogP contribution is 2.25. The molecule has 112 valence electrons. The van der Waals surface area contributed by atoms with Gasteiger partial charge in [0, 0.05) is 12.6 Å². The summed E-state index contributed by atoms with van der Waals surface area (Å²) in [5.74, 6) is 1.48. The molecule has 1 aromatic carbocycles. The summed E-state index contributed by atoms with van der Waals surface area (Å²) in [6, 6.07) is 6.36. The maximum Gasteiger partial charge on any atom is 0.225 e. The van der Waals surface area contributed by atoms with E-state index in [-0.39, 0.29) is 5.82 Å². The summed E-state index contributed by atoms with van der Waals surface area (Å²) in [6.07, 6.45) is 2.91. The molecular weight excluding hydrogens is 289 g/mol. The first-order chi connectivity index (χ1) is 10.1. The van der Waals surface area contributed by atoms with Gasteiger partial charge in [0.05, 0.1) is 0 Å². The molecule has 0 unspecified atom stereocenters. The topological polar surface area (TPSA) is 47.0 Å². The van der Waals surface area contributed by atoms with Gasteiger partial charge < -0.3 is 10.1 Å². The van der Waals surface area contributed by atoms with E-state index in [0.29, 0.717) is 22.3 Å². The third kappa shape index (κ3) is 4.32. The number of ether oxygens (including phenoxy) is 1. The highest BCUT2D eigenvalue weighted by Gasteiger charge is 2.07. The Morgan fingerprint density at radius 1 is 1.29 bits per heavy atom. The number of aryl methyl sites for hydroxylation is 1. The van der Waals surface area contributed by atoms with Gasteiger partial charge in [0.2, 0.25) is 5.88 Å². The molecule has 0 saturated heterocycles. The number of nitrogens with zero attached hydrogens (tertiary/aromatic N) is 2. The van der Waals surface area contributed by atoms with Crippen LogP contribution in [0.25, 0.3) is 0 Å². The quantitative estimate of drug-likeness (QED) is 0.638. The van der Waals surface area contributed by atoms with Crippen molar-refractivity contribution in [1.29, 1.82) is 0 Å². The highest BCUT2D eigenvalue weighted by molar-refractivity contribution is 7.98. The van der Waals surface area contributed by atoms with Crippen molar-refractivity contribution in [3.8, 4) is 11.6 Å². The number of anilines is 1. The molecule has 2 rings (SSSR count). The van der Waals surface area contributed by atoms with Crippen LogP contribution in [0.3, 0.4) is 0 Å². The molecule has 1 N–H and O–H groups in total. The first-order valence-corrected chi connectivity index (χ1v) is 7.95. The predicted molar refractivity (Wildman–Crippen MR) is 83.8 cm³/mol. The predicted octanol–water partition coefficient (Wildman–Crippen LogP) is 4.26. The number of thioether (sulfide) groups is 1. The number of hydrogen-bond acceptors (Lipinski definition) is 5. The van der Waals surface area contributed by atoms with Crippen molar-refractivity contribution in [2.45, 2.75) is 25.4 Å². The zero-order valence-electron chi connectivity index (χ0n) is 12.3. The standard InChI is InChI=1S/C15H18FN3OS/c1-4-7-17-13-9-14(19-15(18-13)21-3)20-11-5-6-12(16)10(2)8-11/h5-6,8-9H,4,7H2,1-3H3,(H,17,18,19). The lowest BCUT2D eigenvalue weighted by molar-refractivity contribution is 0.454. The molecule has 4 nitrogen and oxygen atoms in total. The van der Waals surface area contributed by atoms with Gasteiger partial charge in [0.1, 0.15) is 17.4 Å². The van der Waals surface area contributed by atoms with E-state index in [4.69, 9.17) is 4.74 Å². The van der Waals surface area contributed by atoms with Gasteiger partial charge in [0.25, 0.3) is 0 Å². The molecule has 1 aromatic heterocycles. The van der Waals surface area contributed by atoms with E-state index in [1.807, 2.05) is 6.26 Å². The van der Waals surface area contributed by atoms with Crippen molar-refractivity contribution in [2.24, 2.45) is 0 Å². The van der Waals surface area contributed by atoms with E-state index in [9.17, 15) is 4.39 Å². The molecule has 2 aromatic rings. The van der Waals surface area contributed by atoms with Crippen molar-refractivity contribution in [1.82, 2.24) is 9.97 Å². The third-order valence-corrected chi connectivity index (χ3v) is 3.32. The molecule has 0 saturated carbocycles. The fourth-order valence-corrected chi connectivity index (χ4v) is 2.06. The molecule has 0 bridgehead atoms. The lowest BCUT2D eigenvalue weighted by Gasteiger charge is -2.10. The molecule has 0 atom stereocenters. The van der Waals surface area contributed by atoms with Gasteiger partial charge >= 0.3 is 0 Å². The SMILES string of the molecule is CCCNc1cc(Oc2ccc(F)c(C)c2)nc(SC)n1. The summed E-state index contributed by atoms with van der Waals surface area (Å²) in [5.41, 5.74) is 0.538. The summed E-state index contributed by atoms with van der Waals surface area (Å²) in [7, 11) is 0. The maximum absolute atomic E-state index is 13.3. The average Bonchev–Trinajstić information content (AvgIpc) is 2.48. The average molecular weight is 307 g/mol. The van der Waals surface area contributed by atoms with Crippen LogP contribution in [0.4, 0.5) is 10.2 Å². The monoisotopic (exact) mass is 307 g/mol. The molecule has 0 spiro atoms. The minimum absolute atomic E-state index is 0.250. The lowest BCUT2D eigenvalue weighted by atomic mass is 10.2. The van der Waals surface area contributed by atoms with Crippen LogP contribution in [-0.2, 0) is 0 Å². The van der Waals surface area contributed by atoms with Crippen molar-refractivity contribution in [3.63, 3.8) is 0 Å². The number of halogens is 1. The zero-order valence-corrected chi connectivity index (χ0v) is 13.1. The highest BCUT2D eigenvalue weighted by atomic mass is 32.2. The van der Waals surface area contributed by atoms with Crippen LogP contribution in [0.5, 0.6) is 11.6 Å². The lowest BCUT2D eigenvalue weighted by Crippen LogP contribution is -2.04. The van der Waals surface area contributed by atoms with Crippen LogP contribution < -0.4 is 10.1 Å². The fourth-order valence-electron chi connectivity index (χ4n) is 1.69. The maximum atomic E-state index is 13.3. The van der Waals surface area contributed by atoms with Gasteiger partial charge in [-0.05, 0) is 43.4 Å². The molecule has 0 fully saturated rings. The Hall–Kier alpha value is -1.82. The Bertz CT molecular complexity index is 622. The largest absolute Gasteiger partial charge is 0.439 e. The Morgan fingerprint density at radius 3 is 2.76 bits per heavy atom. The summed E-state index contributed by atoms with van der Waals surface area (Å²) in [4.78, 5) is 8.67. The minimum Gasteiger partial charge on any atom is -0.439 e. The summed E-state index contributed by atoms with van der Waals surface area (Å²) < 4.78 is 19.0. The van der Waals surface area contributed by atoms with Crippen LogP contribution in [0.2, 0.25) is 0 Å². The number of benzene rings is 1. The van der Waals surface area contributed by atoms with Gasteiger partial charge in [0.15, 0.2) is 5.16 Å². The zero-order chi connectivity index (χ0) is 15.2. The second-order valence-corrected chi connectivity index (χ2v) is 5.29. The van der Waals surface area contributed by atoms with Gasteiger partial charge in [-0.2, -0.15) is 4.98 Å². The van der Waals surface area contributed by atoms with Gasteiger partial charge in [-0.15, -0.1) is 0 Å². The van der Waals surface area contributed by atoms with E-state index in [0.717, 1.165) is 18.8 Å². The second-order valence-electron chi connectivity index (χ2n) is 4.52. The molecular formula is C15H18FN3OS. The van der Waals surface area contributed by atoms with Crippen LogP contribution in [0.1, 0.15) is 18.9 Å². The van der Waals surface area contributed by atoms with E-state index in [1.54, 1.807) is 25.1 Å². The molecule has 1 heterocycles. The number of aromatic nitrogens is 2. The molecule has 0 aliphatic rings. The second kappa shape index (κ2) is 7.26. The first-order valence-electron chi connectivity index (χ1n) is 6.73. The van der Waals surface area contributed by atoms with Gasteiger partial charge in [-0.25, -0.2) is 9.37 Å². The molecule has 0 aliphatic carbocycles. The Balaban J connectivity index is 2.23. The van der Waals surface area contributed by atoms with E-state index in [2.05, 4.69) is 22.2 Å². The van der Waals surface area contributed by atoms with Crippen LogP contribution in [0.15, 0.2) is 29.4 Å². The van der Waals surface area contributed by atoms with Crippen molar-refractivity contribution in [2.75, 3.05) is 18.1 Å². The van der Waals surface area contributed by atoms with Crippen molar-refractivity contribution < 1.29 is 9.13 Å². The molecule has 0 amide bonds. The summed E-state index contributed by atoms with van der Waals surface area (Å²) >= 11 is 1.44. The molecule has 0 radical (unpaired) electrons. The van der Waals surface area contributed by atoms with E-state index in [1.165, 1.54) is 17.8 Å². The number of hydrogen-bond donors (Lipinski definition) is 1. The van der Waals surface area contributed by atoms with Crippen molar-refractivity contribution in [3.05, 3.63) is 35.6 Å². The Morgan fingerprint density at radius 2 is 2.10 bits per heavy atom. The normalized spacial score (nSPS) is 10.5. The van der Waals surface area contributed by atoms with Crippen LogP contribution in [-0.4, -0.2) is 22.8 Å². The molecule has 21 heavy (non-hydrogen) atoms. The first kappa shape index (κ1) is 15.6. The summed E-state index contributed by atoms with van der Waals surface area (Å²) in [5, 5.41) is 3.84. The number of rotatable bonds is 6. The molecule has 0 aliphatic heterocycles. The van der Waals surface area contributed by atoms with Crippen LogP contribution in [0, 0.1) is 12.7 Å².